The van der Waals surface area contributed by atoms with Crippen LogP contribution in [0.5, 0.6) is 0 Å². The molecule has 0 aliphatic rings. The van der Waals surface area contributed by atoms with Crippen molar-refractivity contribution >= 4 is 41.5 Å². The molecule has 0 saturated carbocycles. The number of nitrogens with one attached hydrogen (secondary N) is 1. The molecule has 0 heterocycles. The summed E-state index contributed by atoms with van der Waals surface area (Å²) in [5.74, 6) is 0.0206. The quantitative estimate of drug-likeness (QED) is 0.347. The number of nitrogens with two attached hydrogens (primary N) is 1. The highest BCUT2D eigenvalue weighted by molar-refractivity contribution is 14.0. The van der Waals surface area contributed by atoms with E-state index in [4.69, 9.17) is 17.3 Å². The zero-order valence-electron chi connectivity index (χ0n) is 10.7. The Morgan fingerprint density at radius 2 is 2.21 bits per heavy atom. The molecule has 3 nitrogen and oxygen atoms in total. The van der Waals surface area contributed by atoms with Crippen molar-refractivity contribution in [2.75, 3.05) is 13.1 Å². The van der Waals surface area contributed by atoms with Gasteiger partial charge in [0.15, 0.2) is 5.96 Å². The number of aliphatic imine (C=N–C) groups is 1. The molecule has 1 rings (SSSR count). The Morgan fingerprint density at radius 1 is 1.53 bits per heavy atom. The molecule has 0 bridgehead atoms. The minimum atomic E-state index is -0.304. The van der Waals surface area contributed by atoms with Gasteiger partial charge in [0.25, 0.3) is 0 Å². The van der Waals surface area contributed by atoms with Crippen LogP contribution in [0, 0.1) is 5.82 Å². The smallest absolute Gasteiger partial charge is 0.188 e. The maximum absolute atomic E-state index is 13.4. The summed E-state index contributed by atoms with van der Waals surface area (Å²) >= 11 is 5.91. The zero-order valence-corrected chi connectivity index (χ0v) is 13.8. The van der Waals surface area contributed by atoms with E-state index >= 15 is 0 Å². The van der Waals surface area contributed by atoms with Crippen LogP contribution in [0.4, 0.5) is 4.39 Å². The van der Waals surface area contributed by atoms with E-state index in [0.717, 1.165) is 5.57 Å². The lowest BCUT2D eigenvalue weighted by Gasteiger charge is -2.08. The van der Waals surface area contributed by atoms with Crippen molar-refractivity contribution in [3.05, 3.63) is 46.8 Å². The van der Waals surface area contributed by atoms with Gasteiger partial charge in [-0.3, -0.25) is 0 Å². The van der Waals surface area contributed by atoms with Gasteiger partial charge in [0.2, 0.25) is 0 Å². The predicted octanol–water partition coefficient (Wildman–Crippen LogP) is 3.12. The summed E-state index contributed by atoms with van der Waals surface area (Å²) in [7, 11) is 0. The van der Waals surface area contributed by atoms with Crippen molar-refractivity contribution in [3.63, 3.8) is 0 Å². The second kappa shape index (κ2) is 9.14. The summed E-state index contributed by atoms with van der Waals surface area (Å²) in [6.45, 7) is 6.56. The van der Waals surface area contributed by atoms with E-state index < -0.39 is 0 Å². The third-order valence-corrected chi connectivity index (χ3v) is 2.62. The minimum absolute atomic E-state index is 0. The van der Waals surface area contributed by atoms with Crippen molar-refractivity contribution in [1.29, 1.82) is 0 Å². The normalized spacial score (nSPS) is 10.8. The molecule has 0 fully saturated rings. The van der Waals surface area contributed by atoms with Gasteiger partial charge >= 0.3 is 0 Å². The van der Waals surface area contributed by atoms with Gasteiger partial charge in [-0.2, -0.15) is 0 Å². The first-order chi connectivity index (χ1) is 8.50. The third-order valence-electron chi connectivity index (χ3n) is 2.26. The molecule has 0 amide bonds. The van der Waals surface area contributed by atoms with E-state index in [9.17, 15) is 4.39 Å². The Labute approximate surface area is 135 Å². The molecule has 0 radical (unpaired) electrons. The molecule has 19 heavy (non-hydrogen) atoms. The van der Waals surface area contributed by atoms with Gasteiger partial charge in [-0.25, -0.2) is 9.38 Å². The molecule has 1 aromatic carbocycles. The molecule has 0 spiro atoms. The number of nitrogens with zero attached hydrogens (tertiary/aromatic N) is 1. The van der Waals surface area contributed by atoms with Gasteiger partial charge in [-0.1, -0.05) is 29.8 Å². The topological polar surface area (TPSA) is 50.4 Å². The molecule has 6 heteroatoms. The summed E-state index contributed by atoms with van der Waals surface area (Å²) < 4.78 is 13.4. The fraction of sp³-hybridized carbons (Fsp3) is 0.308. The minimum Gasteiger partial charge on any atom is -0.370 e. The second-order valence-corrected chi connectivity index (χ2v) is 4.44. The Kier molecular flexibility index (Phi) is 8.75. The van der Waals surface area contributed by atoms with E-state index in [2.05, 4.69) is 16.9 Å². The standard InChI is InChI=1S/C13H17ClFN3.HI/c1-9(2)8-18-13(16)17-7-6-10-11(14)4-3-5-12(10)15;/h3-5H,1,6-8H2,2H3,(H3,16,17,18);1H. The van der Waals surface area contributed by atoms with Crippen molar-refractivity contribution in [2.45, 2.75) is 13.3 Å². The molecule has 0 unspecified atom stereocenters. The van der Waals surface area contributed by atoms with Crippen LogP contribution in [0.3, 0.4) is 0 Å². The fourth-order valence-electron chi connectivity index (χ4n) is 1.36. The maximum atomic E-state index is 13.4. The van der Waals surface area contributed by atoms with Crippen molar-refractivity contribution in [1.82, 2.24) is 5.32 Å². The van der Waals surface area contributed by atoms with Crippen LogP contribution >= 0.6 is 35.6 Å². The Bertz CT molecular complexity index is 443. The molecule has 1 aromatic rings. The fourth-order valence-corrected chi connectivity index (χ4v) is 1.62. The Hall–Kier alpha value is -0.820. The number of halogens is 3. The van der Waals surface area contributed by atoms with E-state index in [1.807, 2.05) is 6.92 Å². The van der Waals surface area contributed by atoms with Crippen LogP contribution in [0.1, 0.15) is 12.5 Å². The van der Waals surface area contributed by atoms with Crippen molar-refractivity contribution in [2.24, 2.45) is 10.7 Å². The van der Waals surface area contributed by atoms with Gasteiger partial charge in [0.05, 0.1) is 6.54 Å². The third kappa shape index (κ3) is 6.77. The van der Waals surface area contributed by atoms with Crippen molar-refractivity contribution in [3.8, 4) is 0 Å². The average molecular weight is 398 g/mol. The van der Waals surface area contributed by atoms with Gasteiger partial charge in [-0.05, 0) is 25.5 Å². The lowest BCUT2D eigenvalue weighted by Crippen LogP contribution is -2.33. The van der Waals surface area contributed by atoms with Crippen LogP contribution in [-0.2, 0) is 6.42 Å². The number of hydrogen-bond donors (Lipinski definition) is 2. The largest absolute Gasteiger partial charge is 0.370 e. The molecule has 0 atom stereocenters. The van der Waals surface area contributed by atoms with Crippen LogP contribution in [0.2, 0.25) is 5.02 Å². The van der Waals surface area contributed by atoms with E-state index in [1.54, 1.807) is 12.1 Å². The molecule has 0 aromatic heterocycles. The summed E-state index contributed by atoms with van der Waals surface area (Å²) in [5.41, 5.74) is 7.05. The van der Waals surface area contributed by atoms with Crippen LogP contribution < -0.4 is 11.1 Å². The highest BCUT2D eigenvalue weighted by Crippen LogP contribution is 2.18. The van der Waals surface area contributed by atoms with E-state index in [1.165, 1.54) is 6.07 Å². The monoisotopic (exact) mass is 397 g/mol. The number of hydrogen-bond acceptors (Lipinski definition) is 1. The van der Waals surface area contributed by atoms with Crippen LogP contribution in [0.15, 0.2) is 35.3 Å². The highest BCUT2D eigenvalue weighted by atomic mass is 127. The van der Waals surface area contributed by atoms with E-state index in [0.29, 0.717) is 36.1 Å². The molecule has 0 aliphatic carbocycles. The molecule has 0 saturated heterocycles. The summed E-state index contributed by atoms with van der Waals surface area (Å²) in [6.07, 6.45) is 0.453. The van der Waals surface area contributed by atoms with Gasteiger partial charge in [0, 0.05) is 17.1 Å². The van der Waals surface area contributed by atoms with Gasteiger partial charge < -0.3 is 11.1 Å². The molecule has 106 valence electrons. The van der Waals surface area contributed by atoms with Crippen LogP contribution in [-0.4, -0.2) is 19.0 Å². The summed E-state index contributed by atoms with van der Waals surface area (Å²) in [4.78, 5) is 4.06. The number of guanidine groups is 1. The lowest BCUT2D eigenvalue weighted by atomic mass is 10.1. The molecular weight excluding hydrogens is 380 g/mol. The lowest BCUT2D eigenvalue weighted by molar-refractivity contribution is 0.607. The maximum Gasteiger partial charge on any atom is 0.188 e. The van der Waals surface area contributed by atoms with Crippen LogP contribution in [0.25, 0.3) is 0 Å². The van der Waals surface area contributed by atoms with Gasteiger partial charge in [-0.15, -0.1) is 24.0 Å². The second-order valence-electron chi connectivity index (χ2n) is 4.04. The molecule has 0 aliphatic heterocycles. The first kappa shape index (κ1) is 18.2. The number of benzene rings is 1. The average Bonchev–Trinajstić information content (AvgIpc) is 2.30. The highest BCUT2D eigenvalue weighted by Gasteiger charge is 2.06. The Morgan fingerprint density at radius 3 is 2.79 bits per heavy atom. The Balaban J connectivity index is 0.00000324. The van der Waals surface area contributed by atoms with E-state index in [-0.39, 0.29) is 29.8 Å². The SMILES string of the molecule is C=C(C)CN=C(N)NCCc1c(F)cccc1Cl.I. The predicted molar refractivity (Wildman–Crippen MR) is 89.8 cm³/mol. The zero-order chi connectivity index (χ0) is 13.5. The summed E-state index contributed by atoms with van der Waals surface area (Å²) in [6, 6.07) is 4.63. The first-order valence-electron chi connectivity index (χ1n) is 5.61. The van der Waals surface area contributed by atoms with Gasteiger partial charge in [0.1, 0.15) is 5.82 Å². The van der Waals surface area contributed by atoms with Crippen molar-refractivity contribution < 1.29 is 4.39 Å². The first-order valence-corrected chi connectivity index (χ1v) is 5.99. The summed E-state index contributed by atoms with van der Waals surface area (Å²) in [5, 5.41) is 3.33. The molecule has 3 N–H and O–H groups in total. The molecular formula is C13H18ClFIN3. The number of rotatable bonds is 5.